The lowest BCUT2D eigenvalue weighted by Crippen LogP contribution is -2.60. The molecule has 2 rings (SSSR count). The Kier molecular flexibility index (Phi) is 20.0. The van der Waals surface area contributed by atoms with Gasteiger partial charge in [-0.25, -0.2) is 4.79 Å². The van der Waals surface area contributed by atoms with Gasteiger partial charge in [-0.15, -0.1) is 0 Å². The van der Waals surface area contributed by atoms with Gasteiger partial charge in [0.05, 0.1) is 18.9 Å². The molecule has 0 aromatic heterocycles. The fourth-order valence-corrected chi connectivity index (χ4v) is 5.79. The van der Waals surface area contributed by atoms with Crippen molar-refractivity contribution in [1.29, 1.82) is 0 Å². The average molecular weight is 856 g/mol. The van der Waals surface area contributed by atoms with Gasteiger partial charge >= 0.3 is 17.9 Å². The number of hydrogen-bond donors (Lipinski definition) is 11. The van der Waals surface area contributed by atoms with Gasteiger partial charge in [0.25, 0.3) is 0 Å². The molecule has 7 amide bonds. The number of nitrogens with one attached hydrogen (secondary N) is 7. The third kappa shape index (κ3) is 17.5. The minimum Gasteiger partial charge on any atom is -0.481 e. The Bertz CT molecular complexity index is 1890. The van der Waals surface area contributed by atoms with Crippen molar-refractivity contribution in [3.8, 4) is 0 Å². The molecule has 21 heteroatoms. The van der Waals surface area contributed by atoms with Crippen molar-refractivity contribution in [2.75, 3.05) is 0 Å². The van der Waals surface area contributed by atoms with Crippen LogP contribution in [-0.4, -0.2) is 122 Å². The summed E-state index contributed by atoms with van der Waals surface area (Å²) >= 11 is 0. The van der Waals surface area contributed by atoms with Crippen molar-refractivity contribution in [2.24, 2.45) is 5.92 Å². The molecule has 0 saturated heterocycles. The Labute approximate surface area is 350 Å². The summed E-state index contributed by atoms with van der Waals surface area (Å²) in [6.07, 6.45) is -3.80. The van der Waals surface area contributed by atoms with E-state index in [1.165, 1.54) is 13.8 Å². The van der Waals surface area contributed by atoms with Gasteiger partial charge < -0.3 is 57.6 Å². The lowest BCUT2D eigenvalue weighted by Gasteiger charge is -2.28. The van der Waals surface area contributed by atoms with Crippen LogP contribution in [0.4, 0.5) is 0 Å². The SMILES string of the molecule is CC(=O)N[C@H](C(=O)N[C@H](C(=O)N[C@@H](CC(C)C)C(=O)N[C@@H](CC(=O)O)C(=O)N[C@@H](C)C(=O)N[C@@H](CC(=O)O)C(=O)N[C@@H](Cc1ccccc1)C(=O)O)[C@@H](C)O)c1ccccc1. The highest BCUT2D eigenvalue weighted by Crippen LogP contribution is 2.14. The molecule has 2 aromatic rings. The zero-order valence-corrected chi connectivity index (χ0v) is 34.2. The molecule has 11 N–H and O–H groups in total. The molecule has 0 aliphatic rings. The number of carbonyl (C=O) groups excluding carboxylic acids is 7. The van der Waals surface area contributed by atoms with Gasteiger partial charge in [-0.2, -0.15) is 0 Å². The van der Waals surface area contributed by atoms with Crippen molar-refractivity contribution in [3.05, 3.63) is 71.8 Å². The predicted octanol–water partition coefficient (Wildman–Crippen LogP) is -1.50. The van der Waals surface area contributed by atoms with Gasteiger partial charge in [0.1, 0.15) is 42.3 Å². The quantitative estimate of drug-likeness (QED) is 0.0573. The van der Waals surface area contributed by atoms with Crippen molar-refractivity contribution in [2.45, 2.75) is 109 Å². The van der Waals surface area contributed by atoms with Gasteiger partial charge in [0.2, 0.25) is 41.4 Å². The monoisotopic (exact) mass is 855 g/mol. The van der Waals surface area contributed by atoms with E-state index in [0.717, 1.165) is 6.92 Å². The topological polar surface area (TPSA) is 336 Å². The molecule has 2 aromatic carbocycles. The number of hydrogen-bond acceptors (Lipinski definition) is 11. The second-order valence-corrected chi connectivity index (χ2v) is 14.6. The number of carboxylic acids is 3. The maximum atomic E-state index is 13.6. The summed E-state index contributed by atoms with van der Waals surface area (Å²) in [7, 11) is 0. The van der Waals surface area contributed by atoms with Gasteiger partial charge in [-0.05, 0) is 37.3 Å². The molecule has 0 radical (unpaired) electrons. The summed E-state index contributed by atoms with van der Waals surface area (Å²) in [4.78, 5) is 127. The average Bonchev–Trinajstić information content (AvgIpc) is 3.17. The second kappa shape index (κ2) is 24.2. The number of benzene rings is 2. The predicted molar refractivity (Wildman–Crippen MR) is 214 cm³/mol. The highest BCUT2D eigenvalue weighted by Gasteiger charge is 2.36. The van der Waals surface area contributed by atoms with E-state index in [0.29, 0.717) is 11.1 Å². The van der Waals surface area contributed by atoms with Gasteiger partial charge in [-0.1, -0.05) is 74.5 Å². The smallest absolute Gasteiger partial charge is 0.326 e. The zero-order valence-electron chi connectivity index (χ0n) is 34.2. The summed E-state index contributed by atoms with van der Waals surface area (Å²) in [6.45, 7) is 6.85. The van der Waals surface area contributed by atoms with Crippen LogP contribution in [0.1, 0.15) is 71.0 Å². The molecule has 0 spiro atoms. The number of aliphatic carboxylic acids is 3. The molecule has 0 fully saturated rings. The summed E-state index contributed by atoms with van der Waals surface area (Å²) in [5, 5.41) is 55.2. The van der Waals surface area contributed by atoms with Crippen LogP contribution in [0.15, 0.2) is 60.7 Å². The van der Waals surface area contributed by atoms with E-state index in [-0.39, 0.29) is 18.8 Å². The molecule has 8 atom stereocenters. The molecule has 61 heavy (non-hydrogen) atoms. The van der Waals surface area contributed by atoms with Crippen LogP contribution in [0, 0.1) is 5.92 Å². The largest absolute Gasteiger partial charge is 0.481 e. The van der Waals surface area contributed by atoms with Gasteiger partial charge in [0, 0.05) is 13.3 Å². The van der Waals surface area contributed by atoms with Crippen LogP contribution in [0.5, 0.6) is 0 Å². The number of carbonyl (C=O) groups is 10. The van der Waals surface area contributed by atoms with Crippen molar-refractivity contribution < 1.29 is 68.4 Å². The molecule has 0 unspecified atom stereocenters. The van der Waals surface area contributed by atoms with E-state index in [9.17, 15) is 68.4 Å². The number of amides is 7. The van der Waals surface area contributed by atoms with E-state index in [4.69, 9.17) is 0 Å². The lowest BCUT2D eigenvalue weighted by atomic mass is 10.0. The minimum atomic E-state index is -1.87. The number of aliphatic hydroxyl groups is 1. The molecule has 0 aliphatic carbocycles. The highest BCUT2D eigenvalue weighted by molar-refractivity contribution is 5.99. The van der Waals surface area contributed by atoms with Crippen molar-refractivity contribution >= 4 is 59.3 Å². The lowest BCUT2D eigenvalue weighted by molar-refractivity contribution is -0.143. The summed E-state index contributed by atoms with van der Waals surface area (Å²) in [5.74, 6) is -11.9. The molecule has 21 nitrogen and oxygen atoms in total. The first-order valence-corrected chi connectivity index (χ1v) is 19.1. The van der Waals surface area contributed by atoms with Crippen LogP contribution >= 0.6 is 0 Å². The highest BCUT2D eigenvalue weighted by atomic mass is 16.4. The normalized spacial score (nSPS) is 14.8. The molecule has 332 valence electrons. The standard InChI is InChI=1S/C40H53N7O14/c1-20(2)16-26(45-38(58)32(22(4)48)47-39(59)33(42-23(5)49)25-14-10-7-11-15-25)36(56)44-27(18-30(50)51)35(55)41-21(3)34(54)43-28(19-31(52)53)37(57)46-29(40(60)61)17-24-12-8-6-9-13-24/h6-15,20-22,26-29,32-33,48H,16-19H2,1-5H3,(H,41,55)(H,42,49)(H,43,54)(H,44,56)(H,45,58)(H,46,57)(H,47,59)(H,50,51)(H,52,53)(H,60,61)/t21-,22+,26-,27-,28-,29-,32-,33-/m0/s1. The first kappa shape index (κ1) is 50.2. The van der Waals surface area contributed by atoms with E-state index in [1.807, 2.05) is 0 Å². The Morgan fingerprint density at radius 1 is 0.525 bits per heavy atom. The number of carboxylic acid groups (broad SMARTS) is 3. The van der Waals surface area contributed by atoms with Crippen molar-refractivity contribution in [3.63, 3.8) is 0 Å². The number of rotatable bonds is 24. The second-order valence-electron chi connectivity index (χ2n) is 14.6. The molecule has 0 heterocycles. The van der Waals surface area contributed by atoms with Crippen LogP contribution in [0.25, 0.3) is 0 Å². The Balaban J connectivity index is 2.22. The molecule has 0 saturated carbocycles. The zero-order chi connectivity index (χ0) is 46.0. The number of aliphatic hydroxyl groups excluding tert-OH is 1. The van der Waals surface area contributed by atoms with E-state index < -0.39 is 120 Å². The first-order valence-electron chi connectivity index (χ1n) is 19.1. The summed E-state index contributed by atoms with van der Waals surface area (Å²) < 4.78 is 0. The Hall–Kier alpha value is -6.90. The summed E-state index contributed by atoms with van der Waals surface area (Å²) in [6, 6.07) is 5.04. The fourth-order valence-electron chi connectivity index (χ4n) is 5.79. The van der Waals surface area contributed by atoms with E-state index in [1.54, 1.807) is 74.5 Å². The Morgan fingerprint density at radius 2 is 0.984 bits per heavy atom. The third-order valence-corrected chi connectivity index (χ3v) is 8.82. The van der Waals surface area contributed by atoms with Gasteiger partial charge in [0.15, 0.2) is 0 Å². The van der Waals surface area contributed by atoms with E-state index >= 15 is 0 Å². The van der Waals surface area contributed by atoms with Crippen LogP contribution in [-0.2, 0) is 54.4 Å². The molecule has 0 bridgehead atoms. The third-order valence-electron chi connectivity index (χ3n) is 8.82. The molecular weight excluding hydrogens is 802 g/mol. The minimum absolute atomic E-state index is 0.0854. The maximum Gasteiger partial charge on any atom is 0.326 e. The molecular formula is C40H53N7O14. The van der Waals surface area contributed by atoms with E-state index in [2.05, 4.69) is 37.2 Å². The van der Waals surface area contributed by atoms with Crippen LogP contribution < -0.4 is 37.2 Å². The van der Waals surface area contributed by atoms with Crippen LogP contribution in [0.2, 0.25) is 0 Å². The summed E-state index contributed by atoms with van der Waals surface area (Å²) in [5.41, 5.74) is 0.900. The van der Waals surface area contributed by atoms with Crippen LogP contribution in [0.3, 0.4) is 0 Å². The Morgan fingerprint density at radius 3 is 1.46 bits per heavy atom. The maximum absolute atomic E-state index is 13.6. The van der Waals surface area contributed by atoms with Gasteiger partial charge in [-0.3, -0.25) is 43.2 Å². The molecule has 0 aliphatic heterocycles. The first-order chi connectivity index (χ1) is 28.6. The van der Waals surface area contributed by atoms with Crippen molar-refractivity contribution in [1.82, 2.24) is 37.2 Å². The fraction of sp³-hybridized carbons (Fsp3) is 0.450.